The summed E-state index contributed by atoms with van der Waals surface area (Å²) in [7, 11) is 1.94. The molecule has 0 fully saturated rings. The van der Waals surface area contributed by atoms with Crippen molar-refractivity contribution in [3.05, 3.63) is 78.0 Å². The van der Waals surface area contributed by atoms with E-state index in [1.54, 1.807) is 0 Å². The Bertz CT molecular complexity index is 1180. The molecule has 0 atom stereocenters. The van der Waals surface area contributed by atoms with Crippen LogP contribution in [-0.4, -0.2) is 19.6 Å². The van der Waals surface area contributed by atoms with E-state index in [2.05, 4.69) is 53.7 Å². The number of aryl methyl sites for hydroxylation is 3. The van der Waals surface area contributed by atoms with Crippen molar-refractivity contribution in [2.75, 3.05) is 5.32 Å². The van der Waals surface area contributed by atoms with Crippen molar-refractivity contribution in [1.82, 2.24) is 19.6 Å². The lowest BCUT2D eigenvalue weighted by atomic mass is 10.1. The molecule has 0 aliphatic rings. The molecule has 6 heteroatoms. The van der Waals surface area contributed by atoms with E-state index in [4.69, 9.17) is 10.4 Å². The van der Waals surface area contributed by atoms with Gasteiger partial charge < -0.3 is 5.32 Å². The first kappa shape index (κ1) is 19.5. The fourth-order valence-electron chi connectivity index (χ4n) is 3.52. The molecular weight excluding hydrogens is 372 g/mol. The van der Waals surface area contributed by atoms with Gasteiger partial charge in [-0.15, -0.1) is 0 Å². The van der Waals surface area contributed by atoms with Gasteiger partial charge in [0.1, 0.15) is 5.82 Å². The van der Waals surface area contributed by atoms with Crippen LogP contribution in [0, 0.1) is 18.3 Å². The number of aromatic nitrogens is 4. The summed E-state index contributed by atoms with van der Waals surface area (Å²) in [6.07, 6.45) is 2.45. The van der Waals surface area contributed by atoms with Crippen LogP contribution in [0.15, 0.2) is 66.9 Å². The van der Waals surface area contributed by atoms with Gasteiger partial charge in [-0.2, -0.15) is 15.5 Å². The SMILES string of the molecule is Cc1ccccc1-c1cc(NCc2cn(CCC#N)nc2-c2ccccc2)n(C)n1. The smallest absolute Gasteiger partial charge is 0.124 e. The topological polar surface area (TPSA) is 71.5 Å². The van der Waals surface area contributed by atoms with Crippen molar-refractivity contribution < 1.29 is 0 Å². The lowest BCUT2D eigenvalue weighted by Gasteiger charge is -2.06. The first-order valence-corrected chi connectivity index (χ1v) is 9.98. The first-order chi connectivity index (χ1) is 14.7. The van der Waals surface area contributed by atoms with Crippen LogP contribution in [0.25, 0.3) is 22.5 Å². The monoisotopic (exact) mass is 396 g/mol. The molecule has 2 heterocycles. The third-order valence-corrected chi connectivity index (χ3v) is 5.10. The molecule has 0 aliphatic carbocycles. The number of benzene rings is 2. The van der Waals surface area contributed by atoms with Gasteiger partial charge in [-0.25, -0.2) is 0 Å². The third-order valence-electron chi connectivity index (χ3n) is 5.10. The summed E-state index contributed by atoms with van der Waals surface area (Å²) in [5.41, 5.74) is 6.37. The summed E-state index contributed by atoms with van der Waals surface area (Å²) < 4.78 is 3.72. The second-order valence-corrected chi connectivity index (χ2v) is 7.25. The van der Waals surface area contributed by atoms with Crippen molar-refractivity contribution >= 4 is 5.82 Å². The Balaban J connectivity index is 1.59. The number of hydrogen-bond acceptors (Lipinski definition) is 4. The van der Waals surface area contributed by atoms with Crippen LogP contribution in [0.4, 0.5) is 5.82 Å². The molecule has 4 aromatic rings. The van der Waals surface area contributed by atoms with Gasteiger partial charge in [0.25, 0.3) is 0 Å². The van der Waals surface area contributed by atoms with Gasteiger partial charge in [-0.3, -0.25) is 9.36 Å². The van der Waals surface area contributed by atoms with Gasteiger partial charge >= 0.3 is 0 Å². The van der Waals surface area contributed by atoms with E-state index in [1.807, 2.05) is 52.9 Å². The highest BCUT2D eigenvalue weighted by molar-refractivity contribution is 5.67. The molecule has 150 valence electrons. The molecule has 0 saturated carbocycles. The fraction of sp³-hybridized carbons (Fsp3) is 0.208. The third kappa shape index (κ3) is 4.11. The average molecular weight is 396 g/mol. The molecule has 0 bridgehead atoms. The molecule has 4 rings (SSSR count). The molecule has 30 heavy (non-hydrogen) atoms. The number of nitrogens with zero attached hydrogens (tertiary/aromatic N) is 5. The standard InChI is InChI=1S/C24H24N6/c1-18-9-6-7-12-21(18)22-15-23(29(2)27-22)26-16-20-17-30(14-8-13-25)28-24(20)19-10-4-3-5-11-19/h3-7,9-12,15,17,26H,8,14,16H2,1-2H3. The van der Waals surface area contributed by atoms with E-state index in [1.165, 1.54) is 5.56 Å². The van der Waals surface area contributed by atoms with Crippen molar-refractivity contribution in [3.8, 4) is 28.6 Å². The minimum absolute atomic E-state index is 0.435. The van der Waals surface area contributed by atoms with Gasteiger partial charge in [-0.05, 0) is 12.5 Å². The van der Waals surface area contributed by atoms with Crippen LogP contribution in [0.2, 0.25) is 0 Å². The summed E-state index contributed by atoms with van der Waals surface area (Å²) >= 11 is 0. The molecule has 2 aromatic carbocycles. The summed E-state index contributed by atoms with van der Waals surface area (Å²) in [6, 6.07) is 22.6. The Labute approximate surface area is 176 Å². The van der Waals surface area contributed by atoms with Crippen LogP contribution in [-0.2, 0) is 20.1 Å². The maximum Gasteiger partial charge on any atom is 0.124 e. The van der Waals surface area contributed by atoms with E-state index in [9.17, 15) is 0 Å². The minimum atomic E-state index is 0.435. The zero-order valence-corrected chi connectivity index (χ0v) is 17.2. The Kier molecular flexibility index (Phi) is 5.62. The van der Waals surface area contributed by atoms with Gasteiger partial charge in [0, 0.05) is 42.5 Å². The molecule has 0 spiro atoms. The second-order valence-electron chi connectivity index (χ2n) is 7.25. The van der Waals surface area contributed by atoms with Gasteiger partial charge in [0.05, 0.1) is 30.4 Å². The number of nitrogens with one attached hydrogen (secondary N) is 1. The molecule has 2 aromatic heterocycles. The molecule has 6 nitrogen and oxygen atoms in total. The summed E-state index contributed by atoms with van der Waals surface area (Å²) in [6.45, 7) is 3.29. The summed E-state index contributed by atoms with van der Waals surface area (Å²) in [5.74, 6) is 0.942. The van der Waals surface area contributed by atoms with Crippen LogP contribution in [0.1, 0.15) is 17.5 Å². The predicted octanol–water partition coefficient (Wildman–Crippen LogP) is 4.78. The number of anilines is 1. The van der Waals surface area contributed by atoms with Crippen molar-refractivity contribution in [1.29, 1.82) is 5.26 Å². The molecule has 0 unspecified atom stereocenters. The second kappa shape index (κ2) is 8.66. The zero-order valence-electron chi connectivity index (χ0n) is 17.2. The molecule has 0 saturated heterocycles. The molecule has 0 radical (unpaired) electrons. The Morgan fingerprint density at radius 3 is 2.57 bits per heavy atom. The average Bonchev–Trinajstić information content (AvgIpc) is 3.35. The normalized spacial score (nSPS) is 10.7. The van der Waals surface area contributed by atoms with E-state index < -0.39 is 0 Å². The maximum atomic E-state index is 8.91. The van der Waals surface area contributed by atoms with E-state index >= 15 is 0 Å². The largest absolute Gasteiger partial charge is 0.366 e. The molecule has 0 amide bonds. The Morgan fingerprint density at radius 1 is 1.03 bits per heavy atom. The van der Waals surface area contributed by atoms with Crippen molar-refractivity contribution in [3.63, 3.8) is 0 Å². The highest BCUT2D eigenvalue weighted by Gasteiger charge is 2.13. The molecule has 1 N–H and O–H groups in total. The first-order valence-electron chi connectivity index (χ1n) is 9.98. The molecule has 0 aliphatic heterocycles. The van der Waals surface area contributed by atoms with Crippen molar-refractivity contribution in [2.45, 2.75) is 26.4 Å². The van der Waals surface area contributed by atoms with Gasteiger partial charge in [0.15, 0.2) is 0 Å². The summed E-state index contributed by atoms with van der Waals surface area (Å²) in [5, 5.41) is 21.8. The van der Waals surface area contributed by atoms with Crippen LogP contribution in [0.3, 0.4) is 0 Å². The van der Waals surface area contributed by atoms with Crippen LogP contribution in [0.5, 0.6) is 0 Å². The maximum absolute atomic E-state index is 8.91. The molecular formula is C24H24N6. The predicted molar refractivity (Wildman–Crippen MR) is 119 cm³/mol. The van der Waals surface area contributed by atoms with E-state index in [-0.39, 0.29) is 0 Å². The van der Waals surface area contributed by atoms with E-state index in [0.29, 0.717) is 19.5 Å². The Morgan fingerprint density at radius 2 is 1.80 bits per heavy atom. The van der Waals surface area contributed by atoms with Crippen LogP contribution >= 0.6 is 0 Å². The van der Waals surface area contributed by atoms with Crippen molar-refractivity contribution in [2.24, 2.45) is 7.05 Å². The fourth-order valence-corrected chi connectivity index (χ4v) is 3.52. The minimum Gasteiger partial charge on any atom is -0.366 e. The number of nitriles is 1. The van der Waals surface area contributed by atoms with Gasteiger partial charge in [-0.1, -0.05) is 54.6 Å². The Hall–Kier alpha value is -3.85. The lowest BCUT2D eigenvalue weighted by Crippen LogP contribution is -2.05. The highest BCUT2D eigenvalue weighted by atomic mass is 15.3. The zero-order chi connectivity index (χ0) is 20.9. The van der Waals surface area contributed by atoms with Crippen LogP contribution < -0.4 is 5.32 Å². The lowest BCUT2D eigenvalue weighted by molar-refractivity contribution is 0.629. The summed E-state index contributed by atoms with van der Waals surface area (Å²) in [4.78, 5) is 0. The highest BCUT2D eigenvalue weighted by Crippen LogP contribution is 2.26. The quantitative estimate of drug-likeness (QED) is 0.488. The number of rotatable bonds is 7. The van der Waals surface area contributed by atoms with Gasteiger partial charge in [0.2, 0.25) is 0 Å². The number of hydrogen-bond donors (Lipinski definition) is 1. The van der Waals surface area contributed by atoms with E-state index in [0.717, 1.165) is 33.9 Å².